The number of hydrogen-bond donors (Lipinski definition) is 3. The van der Waals surface area contributed by atoms with Gasteiger partial charge in [-0.1, -0.05) is 11.6 Å². The lowest BCUT2D eigenvalue weighted by atomic mass is 10.2. The molecular formula is C18H22ClN3O4. The number of ether oxygens (including phenoxy) is 1. The summed E-state index contributed by atoms with van der Waals surface area (Å²) in [6.07, 6.45) is 0. The van der Waals surface area contributed by atoms with Crippen LogP contribution >= 0.6 is 11.6 Å². The van der Waals surface area contributed by atoms with E-state index in [0.717, 1.165) is 5.76 Å². The van der Waals surface area contributed by atoms with E-state index in [-0.39, 0.29) is 17.0 Å². The zero-order chi connectivity index (χ0) is 19.1. The predicted octanol–water partition coefficient (Wildman–Crippen LogP) is 3.50. The van der Waals surface area contributed by atoms with Crippen molar-refractivity contribution in [1.82, 2.24) is 10.6 Å². The van der Waals surface area contributed by atoms with E-state index in [4.69, 9.17) is 20.8 Å². The van der Waals surface area contributed by atoms with Gasteiger partial charge < -0.3 is 25.1 Å². The fraction of sp³-hybridized carbons (Fsp3) is 0.333. The van der Waals surface area contributed by atoms with Crippen molar-refractivity contribution in [2.75, 3.05) is 25.6 Å². The van der Waals surface area contributed by atoms with Gasteiger partial charge in [-0.15, -0.1) is 0 Å². The van der Waals surface area contributed by atoms with Crippen LogP contribution in [0.4, 0.5) is 10.5 Å². The number of rotatable bonds is 7. The summed E-state index contributed by atoms with van der Waals surface area (Å²) >= 11 is 6.15. The van der Waals surface area contributed by atoms with Crippen molar-refractivity contribution in [3.63, 3.8) is 0 Å². The highest BCUT2D eigenvalue weighted by Crippen LogP contribution is 2.21. The number of urea groups is 1. The van der Waals surface area contributed by atoms with Crippen LogP contribution in [0.15, 0.2) is 34.7 Å². The van der Waals surface area contributed by atoms with Gasteiger partial charge in [0.25, 0.3) is 5.91 Å². The van der Waals surface area contributed by atoms with Crippen LogP contribution in [0.1, 0.15) is 34.8 Å². The lowest BCUT2D eigenvalue weighted by molar-refractivity contribution is 0.0937. The van der Waals surface area contributed by atoms with Crippen LogP contribution in [0.25, 0.3) is 0 Å². The molecule has 1 aromatic carbocycles. The number of methoxy groups -OCH3 is 1. The monoisotopic (exact) mass is 379 g/mol. The molecule has 1 atom stereocenters. The molecule has 7 nitrogen and oxygen atoms in total. The Hall–Kier alpha value is -2.51. The molecule has 1 aromatic heterocycles. The molecule has 0 aliphatic carbocycles. The van der Waals surface area contributed by atoms with Crippen molar-refractivity contribution < 1.29 is 18.7 Å². The maximum Gasteiger partial charge on any atom is 0.319 e. The molecule has 2 aromatic rings. The fourth-order valence-electron chi connectivity index (χ4n) is 2.26. The van der Waals surface area contributed by atoms with Gasteiger partial charge in [-0.25, -0.2) is 4.79 Å². The Morgan fingerprint density at radius 1 is 1.27 bits per heavy atom. The molecule has 2 rings (SSSR count). The number of furan rings is 1. The van der Waals surface area contributed by atoms with Gasteiger partial charge in [-0.2, -0.15) is 0 Å². The molecule has 0 aliphatic rings. The molecule has 0 unspecified atom stereocenters. The largest absolute Gasteiger partial charge is 0.464 e. The van der Waals surface area contributed by atoms with Gasteiger partial charge >= 0.3 is 6.03 Å². The van der Waals surface area contributed by atoms with Gasteiger partial charge in [0.2, 0.25) is 0 Å². The SMILES string of the molecule is COCCNC(=O)c1ccc(NC(=O)N[C@H](C)c2ccc(C)o2)cc1Cl. The highest BCUT2D eigenvalue weighted by Gasteiger charge is 2.14. The van der Waals surface area contributed by atoms with Crippen LogP contribution in [0.5, 0.6) is 0 Å². The summed E-state index contributed by atoms with van der Waals surface area (Å²) in [5, 5.41) is 8.38. The molecule has 1 heterocycles. The molecule has 0 fully saturated rings. The number of benzene rings is 1. The van der Waals surface area contributed by atoms with Crippen LogP contribution in [-0.2, 0) is 4.74 Å². The summed E-state index contributed by atoms with van der Waals surface area (Å²) in [5.41, 5.74) is 0.803. The number of aryl methyl sites for hydroxylation is 1. The molecule has 8 heteroatoms. The molecule has 0 saturated carbocycles. The van der Waals surface area contributed by atoms with E-state index < -0.39 is 6.03 Å². The normalized spacial score (nSPS) is 11.7. The minimum Gasteiger partial charge on any atom is -0.464 e. The van der Waals surface area contributed by atoms with E-state index in [2.05, 4.69) is 16.0 Å². The summed E-state index contributed by atoms with van der Waals surface area (Å²) in [6, 6.07) is 7.65. The number of carbonyl (C=O) groups excluding carboxylic acids is 2. The lowest BCUT2D eigenvalue weighted by Gasteiger charge is -2.13. The maximum atomic E-state index is 12.1. The van der Waals surface area contributed by atoms with Crippen LogP contribution in [-0.4, -0.2) is 32.2 Å². The first-order chi connectivity index (χ1) is 12.4. The quantitative estimate of drug-likeness (QED) is 0.642. The third-order valence-corrected chi connectivity index (χ3v) is 3.91. The van der Waals surface area contributed by atoms with Crippen molar-refractivity contribution in [3.05, 3.63) is 52.4 Å². The average Bonchev–Trinajstić information content (AvgIpc) is 3.01. The average molecular weight is 380 g/mol. The summed E-state index contributed by atoms with van der Waals surface area (Å²) in [7, 11) is 1.55. The minimum absolute atomic E-state index is 0.243. The molecule has 140 valence electrons. The Labute approximate surface area is 157 Å². The Bertz CT molecular complexity index is 776. The van der Waals surface area contributed by atoms with Gasteiger partial charge in [0, 0.05) is 19.3 Å². The second-order valence-electron chi connectivity index (χ2n) is 5.71. The van der Waals surface area contributed by atoms with Gasteiger partial charge in [0.15, 0.2) is 0 Å². The number of carbonyl (C=O) groups is 2. The lowest BCUT2D eigenvalue weighted by Crippen LogP contribution is -2.31. The third-order valence-electron chi connectivity index (χ3n) is 3.60. The molecule has 0 spiro atoms. The topological polar surface area (TPSA) is 92.6 Å². The van der Waals surface area contributed by atoms with Crippen molar-refractivity contribution in [2.24, 2.45) is 0 Å². The van der Waals surface area contributed by atoms with E-state index in [1.807, 2.05) is 26.0 Å². The third kappa shape index (κ3) is 5.50. The molecule has 0 aliphatic heterocycles. The van der Waals surface area contributed by atoms with E-state index in [0.29, 0.717) is 30.2 Å². The van der Waals surface area contributed by atoms with Gasteiger partial charge in [-0.3, -0.25) is 4.79 Å². The van der Waals surface area contributed by atoms with E-state index in [1.165, 1.54) is 6.07 Å². The number of amides is 3. The van der Waals surface area contributed by atoms with Gasteiger partial charge in [0.05, 0.1) is 23.2 Å². The minimum atomic E-state index is -0.403. The number of halogens is 1. The highest BCUT2D eigenvalue weighted by molar-refractivity contribution is 6.34. The Balaban J connectivity index is 1.94. The predicted molar refractivity (Wildman–Crippen MR) is 99.7 cm³/mol. The number of nitrogens with one attached hydrogen (secondary N) is 3. The molecule has 3 N–H and O–H groups in total. The zero-order valence-electron chi connectivity index (χ0n) is 14.9. The zero-order valence-corrected chi connectivity index (χ0v) is 15.6. The number of hydrogen-bond acceptors (Lipinski definition) is 4. The highest BCUT2D eigenvalue weighted by atomic mass is 35.5. The van der Waals surface area contributed by atoms with Crippen molar-refractivity contribution in [2.45, 2.75) is 19.9 Å². The second-order valence-corrected chi connectivity index (χ2v) is 6.12. The van der Waals surface area contributed by atoms with Crippen LogP contribution in [0.2, 0.25) is 5.02 Å². The Morgan fingerprint density at radius 2 is 2.04 bits per heavy atom. The first kappa shape index (κ1) is 19.8. The van der Waals surface area contributed by atoms with E-state index in [9.17, 15) is 9.59 Å². The van der Waals surface area contributed by atoms with Crippen LogP contribution in [0.3, 0.4) is 0 Å². The Morgan fingerprint density at radius 3 is 2.65 bits per heavy atom. The summed E-state index contributed by atoms with van der Waals surface area (Å²) in [5.74, 6) is 1.14. The fourth-order valence-corrected chi connectivity index (χ4v) is 2.53. The Kier molecular flexibility index (Phi) is 7.06. The van der Waals surface area contributed by atoms with Crippen LogP contribution in [0, 0.1) is 6.92 Å². The molecule has 0 radical (unpaired) electrons. The van der Waals surface area contributed by atoms with Gasteiger partial charge in [-0.05, 0) is 44.2 Å². The molecular weight excluding hydrogens is 358 g/mol. The van der Waals surface area contributed by atoms with E-state index >= 15 is 0 Å². The smallest absolute Gasteiger partial charge is 0.319 e. The van der Waals surface area contributed by atoms with E-state index in [1.54, 1.807) is 19.2 Å². The summed E-state index contributed by atoms with van der Waals surface area (Å²) < 4.78 is 10.4. The summed E-state index contributed by atoms with van der Waals surface area (Å²) in [6.45, 7) is 4.46. The molecule has 26 heavy (non-hydrogen) atoms. The summed E-state index contributed by atoms with van der Waals surface area (Å²) in [4.78, 5) is 24.1. The van der Waals surface area contributed by atoms with Crippen molar-refractivity contribution >= 4 is 29.2 Å². The molecule has 3 amide bonds. The second kappa shape index (κ2) is 9.26. The molecule has 0 saturated heterocycles. The number of anilines is 1. The first-order valence-electron chi connectivity index (χ1n) is 8.11. The molecule has 0 bridgehead atoms. The van der Waals surface area contributed by atoms with Crippen LogP contribution < -0.4 is 16.0 Å². The van der Waals surface area contributed by atoms with Crippen molar-refractivity contribution in [3.8, 4) is 0 Å². The van der Waals surface area contributed by atoms with Gasteiger partial charge in [0.1, 0.15) is 11.5 Å². The first-order valence-corrected chi connectivity index (χ1v) is 8.49. The standard InChI is InChI=1S/C18H22ClN3O4/c1-11-4-7-16(26-11)12(2)21-18(24)22-13-5-6-14(15(19)10-13)17(23)20-8-9-25-3/h4-7,10,12H,8-9H2,1-3H3,(H,20,23)(H2,21,22,24)/t12-/m1/s1. The maximum absolute atomic E-state index is 12.1. The van der Waals surface area contributed by atoms with Crippen molar-refractivity contribution in [1.29, 1.82) is 0 Å².